The molecule has 1 atom stereocenters. The molecule has 1 saturated heterocycles. The van der Waals surface area contributed by atoms with E-state index in [2.05, 4.69) is 11.9 Å². The van der Waals surface area contributed by atoms with E-state index in [9.17, 15) is 9.90 Å². The van der Waals surface area contributed by atoms with Crippen LogP contribution in [0.2, 0.25) is 0 Å². The Bertz CT molecular complexity index is 490. The number of nitrogens with zero attached hydrogens (tertiary/aromatic N) is 2. The van der Waals surface area contributed by atoms with Crippen molar-refractivity contribution in [2.75, 3.05) is 33.8 Å². The maximum atomic E-state index is 12.7. The fraction of sp³-hybridized carbons (Fsp3) is 0.533. The summed E-state index contributed by atoms with van der Waals surface area (Å²) < 4.78 is 5.06. The third-order valence-electron chi connectivity index (χ3n) is 3.76. The largest absolute Gasteiger partial charge is 0.504 e. The fourth-order valence-electron chi connectivity index (χ4n) is 2.69. The first kappa shape index (κ1) is 14.7. The van der Waals surface area contributed by atoms with Crippen molar-refractivity contribution in [3.05, 3.63) is 23.8 Å². The van der Waals surface area contributed by atoms with Crippen molar-refractivity contribution in [3.63, 3.8) is 0 Å². The lowest BCUT2D eigenvalue weighted by atomic mass is 10.1. The van der Waals surface area contributed by atoms with Crippen LogP contribution in [0.5, 0.6) is 11.5 Å². The molecule has 1 unspecified atom stereocenters. The molecule has 1 aromatic rings. The van der Waals surface area contributed by atoms with Gasteiger partial charge < -0.3 is 19.6 Å². The van der Waals surface area contributed by atoms with Crippen LogP contribution in [0.1, 0.15) is 23.7 Å². The molecule has 1 heterocycles. The van der Waals surface area contributed by atoms with Crippen molar-refractivity contribution < 1.29 is 14.6 Å². The molecule has 2 rings (SSSR count). The SMILES string of the molecule is COc1cccc(C(=O)N2CCCN(C)CC2C)c1O. The summed E-state index contributed by atoms with van der Waals surface area (Å²) in [5, 5.41) is 10.1. The maximum Gasteiger partial charge on any atom is 0.258 e. The normalized spacial score (nSPS) is 20.6. The first-order valence-electron chi connectivity index (χ1n) is 6.90. The molecule has 110 valence electrons. The van der Waals surface area contributed by atoms with E-state index in [4.69, 9.17) is 4.74 Å². The highest BCUT2D eigenvalue weighted by molar-refractivity contribution is 5.97. The summed E-state index contributed by atoms with van der Waals surface area (Å²) in [6.45, 7) is 4.58. The van der Waals surface area contributed by atoms with Crippen molar-refractivity contribution in [2.45, 2.75) is 19.4 Å². The van der Waals surface area contributed by atoms with Crippen LogP contribution < -0.4 is 4.74 Å². The molecule has 1 amide bonds. The zero-order valence-corrected chi connectivity index (χ0v) is 12.3. The van der Waals surface area contributed by atoms with Crippen LogP contribution in [0.15, 0.2) is 18.2 Å². The Morgan fingerprint density at radius 3 is 2.85 bits per heavy atom. The molecule has 0 aromatic heterocycles. The lowest BCUT2D eigenvalue weighted by molar-refractivity contribution is 0.0693. The number of carbonyl (C=O) groups excluding carboxylic acids is 1. The number of carbonyl (C=O) groups is 1. The van der Waals surface area contributed by atoms with E-state index in [0.29, 0.717) is 17.9 Å². The number of phenols is 1. The van der Waals surface area contributed by atoms with E-state index >= 15 is 0 Å². The second-order valence-electron chi connectivity index (χ2n) is 5.32. The number of methoxy groups -OCH3 is 1. The fourth-order valence-corrected chi connectivity index (χ4v) is 2.69. The second kappa shape index (κ2) is 6.13. The van der Waals surface area contributed by atoms with Gasteiger partial charge in [0.25, 0.3) is 5.91 Å². The minimum atomic E-state index is -0.135. The summed E-state index contributed by atoms with van der Waals surface area (Å²) in [6.07, 6.45) is 0.942. The van der Waals surface area contributed by atoms with E-state index in [-0.39, 0.29) is 17.7 Å². The molecule has 1 N–H and O–H groups in total. The summed E-state index contributed by atoms with van der Waals surface area (Å²) >= 11 is 0. The van der Waals surface area contributed by atoms with E-state index in [1.165, 1.54) is 7.11 Å². The zero-order chi connectivity index (χ0) is 14.7. The summed E-state index contributed by atoms with van der Waals surface area (Å²) in [5.74, 6) is 0.115. The Morgan fingerprint density at radius 1 is 1.40 bits per heavy atom. The monoisotopic (exact) mass is 278 g/mol. The quantitative estimate of drug-likeness (QED) is 0.892. The van der Waals surface area contributed by atoms with Crippen molar-refractivity contribution in [3.8, 4) is 11.5 Å². The molecular formula is C15H22N2O3. The van der Waals surface area contributed by atoms with Gasteiger partial charge in [-0.3, -0.25) is 4.79 Å². The minimum Gasteiger partial charge on any atom is -0.504 e. The van der Waals surface area contributed by atoms with Crippen LogP contribution in [0.3, 0.4) is 0 Å². The second-order valence-corrected chi connectivity index (χ2v) is 5.32. The van der Waals surface area contributed by atoms with Gasteiger partial charge in [0.15, 0.2) is 11.5 Å². The van der Waals surface area contributed by atoms with E-state index in [1.807, 2.05) is 11.8 Å². The maximum absolute atomic E-state index is 12.7. The number of likely N-dealkylation sites (N-methyl/N-ethyl adjacent to an activating group) is 1. The standard InChI is InChI=1S/C15H22N2O3/c1-11-10-16(2)8-5-9-17(11)15(19)12-6-4-7-13(20-3)14(12)18/h4,6-7,11,18H,5,8-10H2,1-3H3. The Hall–Kier alpha value is -1.75. The first-order chi connectivity index (χ1) is 9.54. The van der Waals surface area contributed by atoms with Gasteiger partial charge in [0.1, 0.15) is 0 Å². The number of benzene rings is 1. The van der Waals surface area contributed by atoms with E-state index in [1.54, 1.807) is 18.2 Å². The third-order valence-corrected chi connectivity index (χ3v) is 3.76. The predicted molar refractivity (Wildman–Crippen MR) is 77.3 cm³/mol. The molecule has 0 radical (unpaired) electrons. The Kier molecular flexibility index (Phi) is 4.49. The highest BCUT2D eigenvalue weighted by atomic mass is 16.5. The Balaban J connectivity index is 2.26. The minimum absolute atomic E-state index is 0.0789. The lowest BCUT2D eigenvalue weighted by Crippen LogP contribution is -2.42. The molecule has 0 spiro atoms. The summed E-state index contributed by atoms with van der Waals surface area (Å²) in [7, 11) is 3.54. The third kappa shape index (κ3) is 2.88. The van der Waals surface area contributed by atoms with Crippen LogP contribution in [0.4, 0.5) is 0 Å². The molecule has 5 heteroatoms. The van der Waals surface area contributed by atoms with Crippen LogP contribution >= 0.6 is 0 Å². The number of phenolic OH excluding ortho intramolecular Hbond substituents is 1. The molecule has 0 aliphatic carbocycles. The molecule has 0 saturated carbocycles. The van der Waals surface area contributed by atoms with Gasteiger partial charge in [-0.1, -0.05) is 6.07 Å². The van der Waals surface area contributed by atoms with Gasteiger partial charge in [0, 0.05) is 19.1 Å². The Morgan fingerprint density at radius 2 is 2.15 bits per heavy atom. The Labute approximate surface area is 119 Å². The molecule has 1 aliphatic heterocycles. The molecule has 1 aliphatic rings. The van der Waals surface area contributed by atoms with Crippen molar-refractivity contribution in [2.24, 2.45) is 0 Å². The van der Waals surface area contributed by atoms with Gasteiger partial charge in [-0.2, -0.15) is 0 Å². The smallest absolute Gasteiger partial charge is 0.258 e. The van der Waals surface area contributed by atoms with Crippen molar-refractivity contribution in [1.29, 1.82) is 0 Å². The molecule has 1 fully saturated rings. The van der Waals surface area contributed by atoms with E-state index in [0.717, 1.165) is 19.5 Å². The molecule has 1 aromatic carbocycles. The molecular weight excluding hydrogens is 256 g/mol. The average molecular weight is 278 g/mol. The number of para-hydroxylation sites is 1. The number of hydrogen-bond donors (Lipinski definition) is 1. The lowest BCUT2D eigenvalue weighted by Gasteiger charge is -2.28. The van der Waals surface area contributed by atoms with Crippen LogP contribution in [0, 0.1) is 0 Å². The summed E-state index contributed by atoms with van der Waals surface area (Å²) in [6, 6.07) is 5.13. The van der Waals surface area contributed by atoms with Crippen LogP contribution in [0.25, 0.3) is 0 Å². The number of rotatable bonds is 2. The number of hydrogen-bond acceptors (Lipinski definition) is 4. The highest BCUT2D eigenvalue weighted by Gasteiger charge is 2.27. The van der Waals surface area contributed by atoms with Crippen LogP contribution in [-0.2, 0) is 0 Å². The van der Waals surface area contributed by atoms with Gasteiger partial charge in [-0.25, -0.2) is 0 Å². The number of aromatic hydroxyl groups is 1. The molecule has 20 heavy (non-hydrogen) atoms. The van der Waals surface area contributed by atoms with Gasteiger partial charge in [0.05, 0.1) is 12.7 Å². The van der Waals surface area contributed by atoms with Gasteiger partial charge >= 0.3 is 0 Å². The summed E-state index contributed by atoms with van der Waals surface area (Å²) in [5.41, 5.74) is 0.306. The van der Waals surface area contributed by atoms with Gasteiger partial charge in [0.2, 0.25) is 0 Å². The van der Waals surface area contributed by atoms with Crippen molar-refractivity contribution >= 4 is 5.91 Å². The van der Waals surface area contributed by atoms with Crippen LogP contribution in [-0.4, -0.2) is 60.6 Å². The average Bonchev–Trinajstić information content (AvgIpc) is 2.59. The topological polar surface area (TPSA) is 53.0 Å². The number of ether oxygens (including phenoxy) is 1. The van der Waals surface area contributed by atoms with Crippen molar-refractivity contribution in [1.82, 2.24) is 9.80 Å². The summed E-state index contributed by atoms with van der Waals surface area (Å²) in [4.78, 5) is 16.7. The predicted octanol–water partition coefficient (Wildman–Crippen LogP) is 1.57. The molecule has 5 nitrogen and oxygen atoms in total. The van der Waals surface area contributed by atoms with Gasteiger partial charge in [-0.15, -0.1) is 0 Å². The number of amides is 1. The zero-order valence-electron chi connectivity index (χ0n) is 12.3. The highest BCUT2D eigenvalue weighted by Crippen LogP contribution is 2.30. The van der Waals surface area contributed by atoms with E-state index < -0.39 is 0 Å². The van der Waals surface area contributed by atoms with Gasteiger partial charge in [-0.05, 0) is 39.1 Å². The molecule has 0 bridgehead atoms. The first-order valence-corrected chi connectivity index (χ1v) is 6.90.